The fraction of sp³-hybridized carbons (Fsp3) is 0.308. The van der Waals surface area contributed by atoms with E-state index in [0.29, 0.717) is 17.9 Å². The molecule has 3 atom stereocenters. The molecule has 2 unspecified atom stereocenters. The second-order valence-electron chi connectivity index (χ2n) is 8.69. The minimum atomic E-state index is -0.271. The first-order chi connectivity index (χ1) is 16.4. The number of benzene rings is 2. The van der Waals surface area contributed by atoms with Crippen LogP contribution in [-0.4, -0.2) is 26.4 Å². The van der Waals surface area contributed by atoms with Gasteiger partial charge < -0.3 is 5.32 Å². The van der Waals surface area contributed by atoms with E-state index in [2.05, 4.69) is 33.9 Å². The van der Waals surface area contributed by atoms with Crippen LogP contribution in [0.1, 0.15) is 55.3 Å². The molecule has 3 heterocycles. The summed E-state index contributed by atoms with van der Waals surface area (Å²) in [6, 6.07) is 17.1. The van der Waals surface area contributed by atoms with Crippen LogP contribution in [0.2, 0.25) is 5.02 Å². The molecule has 3 aromatic rings. The Balaban J connectivity index is 1.51. The Morgan fingerprint density at radius 3 is 2.53 bits per heavy atom. The number of carbonyl (C=O) groups excluding carboxylic acids is 1. The van der Waals surface area contributed by atoms with Crippen LogP contribution in [0.15, 0.2) is 70.1 Å². The van der Waals surface area contributed by atoms with E-state index in [-0.39, 0.29) is 23.2 Å². The van der Waals surface area contributed by atoms with Gasteiger partial charge in [-0.25, -0.2) is 0 Å². The highest BCUT2D eigenvalue weighted by Crippen LogP contribution is 2.52. The third kappa shape index (κ3) is 4.30. The average Bonchev–Trinajstić information content (AvgIpc) is 3.30. The maximum atomic E-state index is 12.7. The number of aromatic nitrogens is 3. The molecule has 2 aromatic carbocycles. The van der Waals surface area contributed by atoms with Crippen LogP contribution < -0.4 is 5.32 Å². The summed E-state index contributed by atoms with van der Waals surface area (Å²) >= 11 is 8.02. The number of carbonyl (C=O) groups is 1. The van der Waals surface area contributed by atoms with Crippen LogP contribution in [-0.2, 0) is 4.79 Å². The first-order valence-corrected chi connectivity index (χ1v) is 12.6. The Labute approximate surface area is 208 Å². The fourth-order valence-corrected chi connectivity index (χ4v) is 6.27. The van der Waals surface area contributed by atoms with Crippen molar-refractivity contribution >= 4 is 40.7 Å². The number of aryl methyl sites for hydroxylation is 1. The number of fused-ring (bicyclic) bond motifs is 3. The van der Waals surface area contributed by atoms with Gasteiger partial charge in [-0.1, -0.05) is 47.5 Å². The van der Waals surface area contributed by atoms with Gasteiger partial charge in [0.15, 0.2) is 5.82 Å². The van der Waals surface area contributed by atoms with Gasteiger partial charge in [0.1, 0.15) is 11.9 Å². The Hall–Kier alpha value is -2.90. The summed E-state index contributed by atoms with van der Waals surface area (Å²) in [5.74, 6) is 1.75. The summed E-state index contributed by atoms with van der Waals surface area (Å²) < 4.78 is 2.22. The topological polar surface area (TPSA) is 72.2 Å². The molecule has 0 saturated heterocycles. The van der Waals surface area contributed by atoms with Crippen LogP contribution in [0.4, 0.5) is 5.69 Å². The highest BCUT2D eigenvalue weighted by atomic mass is 35.5. The Kier molecular flexibility index (Phi) is 6.32. The molecule has 0 saturated carbocycles. The molecule has 6 nitrogen and oxygen atoms in total. The first-order valence-electron chi connectivity index (χ1n) is 11.4. The van der Waals surface area contributed by atoms with Gasteiger partial charge in [-0.15, -0.1) is 22.0 Å². The van der Waals surface area contributed by atoms with E-state index in [1.807, 2.05) is 73.3 Å². The summed E-state index contributed by atoms with van der Waals surface area (Å²) in [4.78, 5) is 19.3. The van der Waals surface area contributed by atoms with E-state index in [0.717, 1.165) is 28.6 Å². The molecule has 34 heavy (non-hydrogen) atoms. The molecule has 0 radical (unpaired) electrons. The van der Waals surface area contributed by atoms with Gasteiger partial charge in [-0.2, -0.15) is 0 Å². The number of hydrogen-bond acceptors (Lipinski definition) is 5. The lowest BCUT2D eigenvalue weighted by Gasteiger charge is -2.23. The number of allylic oxidation sites excluding steroid dienone is 2. The number of hydrogen-bond donors (Lipinski definition) is 1. The van der Waals surface area contributed by atoms with Crippen molar-refractivity contribution in [1.82, 2.24) is 14.8 Å². The van der Waals surface area contributed by atoms with E-state index in [4.69, 9.17) is 16.6 Å². The lowest BCUT2D eigenvalue weighted by atomic mass is 9.90. The molecule has 0 spiro atoms. The number of halogens is 1. The van der Waals surface area contributed by atoms with Crippen LogP contribution in [0.3, 0.4) is 0 Å². The monoisotopic (exact) mass is 491 g/mol. The quantitative estimate of drug-likeness (QED) is 0.450. The van der Waals surface area contributed by atoms with E-state index >= 15 is 0 Å². The molecule has 174 valence electrons. The number of rotatable bonds is 5. The standard InChI is InChI=1S/C26H26ClN5OS/c1-15-16(2)34-26-23(15)24(18-9-11-19(27)12-10-18)29-21(25-31-30-17(3)32(25)26)13-14-22(33)28-20-7-5-4-6-8-20/h4-12,21,23,26H,13-14H2,1-3H3,(H,28,33)/t21-,23?,26?/m0/s1. The number of anilines is 1. The number of para-hydroxylation sites is 1. The fourth-order valence-electron chi connectivity index (χ4n) is 4.63. The minimum Gasteiger partial charge on any atom is -0.326 e. The van der Waals surface area contributed by atoms with E-state index in [9.17, 15) is 4.79 Å². The Morgan fingerprint density at radius 2 is 1.79 bits per heavy atom. The number of thioether (sulfide) groups is 1. The number of aliphatic imine (C=N–C) groups is 1. The third-order valence-corrected chi connectivity index (χ3v) is 8.13. The van der Waals surface area contributed by atoms with Crippen molar-refractivity contribution in [3.05, 3.63) is 87.3 Å². The van der Waals surface area contributed by atoms with Crippen molar-refractivity contribution in [1.29, 1.82) is 0 Å². The summed E-state index contributed by atoms with van der Waals surface area (Å²) in [6.45, 7) is 6.34. The van der Waals surface area contributed by atoms with Crippen LogP contribution in [0.5, 0.6) is 0 Å². The molecule has 1 N–H and O–H groups in total. The molecule has 1 aromatic heterocycles. The Morgan fingerprint density at radius 1 is 1.06 bits per heavy atom. The normalized spacial score (nSPS) is 21.5. The van der Waals surface area contributed by atoms with Crippen molar-refractivity contribution in [3.63, 3.8) is 0 Å². The second-order valence-corrected chi connectivity index (χ2v) is 10.5. The maximum Gasteiger partial charge on any atom is 0.224 e. The highest BCUT2D eigenvalue weighted by Gasteiger charge is 2.42. The molecule has 0 bridgehead atoms. The van der Waals surface area contributed by atoms with Crippen molar-refractivity contribution in [3.8, 4) is 0 Å². The van der Waals surface area contributed by atoms with Crippen molar-refractivity contribution in [2.75, 3.05) is 5.32 Å². The summed E-state index contributed by atoms with van der Waals surface area (Å²) in [5.41, 5.74) is 4.16. The van der Waals surface area contributed by atoms with Crippen LogP contribution in [0.25, 0.3) is 0 Å². The third-order valence-electron chi connectivity index (χ3n) is 6.48. The largest absolute Gasteiger partial charge is 0.326 e. The van der Waals surface area contributed by atoms with Gasteiger partial charge >= 0.3 is 0 Å². The SMILES string of the molecule is CC1=C(C)C2C(c3ccc(Cl)cc3)=N[C@@H](CCC(=O)Nc3ccccc3)c3nnc(C)n3C2S1. The molecular formula is C26H26ClN5OS. The number of nitrogens with one attached hydrogen (secondary N) is 1. The number of nitrogens with zero attached hydrogens (tertiary/aromatic N) is 4. The zero-order valence-electron chi connectivity index (χ0n) is 19.3. The molecule has 5 rings (SSSR count). The Bertz CT molecular complexity index is 1280. The van der Waals surface area contributed by atoms with E-state index < -0.39 is 0 Å². The van der Waals surface area contributed by atoms with Gasteiger partial charge in [0, 0.05) is 17.1 Å². The highest BCUT2D eigenvalue weighted by molar-refractivity contribution is 8.03. The molecule has 2 aliphatic rings. The lowest BCUT2D eigenvalue weighted by Crippen LogP contribution is -2.23. The van der Waals surface area contributed by atoms with Crippen molar-refractivity contribution in [2.45, 2.75) is 45.0 Å². The van der Waals surface area contributed by atoms with Gasteiger partial charge in [0.05, 0.1) is 17.0 Å². The number of amides is 1. The first kappa shape index (κ1) is 22.9. The van der Waals surface area contributed by atoms with Gasteiger partial charge in [-0.3, -0.25) is 14.4 Å². The molecule has 0 fully saturated rings. The molecule has 2 aliphatic heterocycles. The molecular weight excluding hydrogens is 466 g/mol. The zero-order valence-corrected chi connectivity index (χ0v) is 20.9. The summed E-state index contributed by atoms with van der Waals surface area (Å²) in [5, 5.41) is 12.7. The van der Waals surface area contributed by atoms with Crippen molar-refractivity contribution < 1.29 is 4.79 Å². The second kappa shape index (κ2) is 9.39. The predicted octanol–water partition coefficient (Wildman–Crippen LogP) is 6.36. The van der Waals surface area contributed by atoms with E-state index in [1.165, 1.54) is 10.5 Å². The zero-order chi connectivity index (χ0) is 23.8. The summed E-state index contributed by atoms with van der Waals surface area (Å²) in [7, 11) is 0. The van der Waals surface area contributed by atoms with Gasteiger partial charge in [-0.05, 0) is 61.9 Å². The lowest BCUT2D eigenvalue weighted by molar-refractivity contribution is -0.116. The maximum absolute atomic E-state index is 12.7. The molecule has 0 aliphatic carbocycles. The van der Waals surface area contributed by atoms with Gasteiger partial charge in [0.2, 0.25) is 5.91 Å². The summed E-state index contributed by atoms with van der Waals surface area (Å²) in [6.07, 6.45) is 0.874. The predicted molar refractivity (Wildman–Crippen MR) is 138 cm³/mol. The molecule has 8 heteroatoms. The minimum absolute atomic E-state index is 0.0389. The smallest absolute Gasteiger partial charge is 0.224 e. The molecule has 1 amide bonds. The van der Waals surface area contributed by atoms with Crippen LogP contribution >= 0.6 is 23.4 Å². The van der Waals surface area contributed by atoms with Crippen LogP contribution in [0, 0.1) is 12.8 Å². The van der Waals surface area contributed by atoms with Gasteiger partial charge in [0.25, 0.3) is 0 Å². The van der Waals surface area contributed by atoms with Crippen molar-refractivity contribution in [2.24, 2.45) is 10.9 Å². The average molecular weight is 492 g/mol. The van der Waals surface area contributed by atoms with E-state index in [1.54, 1.807) is 0 Å².